The van der Waals surface area contributed by atoms with E-state index in [0.29, 0.717) is 12.8 Å². The number of carbonyl (C=O) groups excluding carboxylic acids is 2. The van der Waals surface area contributed by atoms with Gasteiger partial charge in [0.1, 0.15) is 0 Å². The van der Waals surface area contributed by atoms with Gasteiger partial charge in [-0.25, -0.2) is 0 Å². The van der Waals surface area contributed by atoms with Crippen LogP contribution in [0.15, 0.2) is 24.3 Å². The highest BCUT2D eigenvalue weighted by molar-refractivity contribution is 6.01. The number of fused-ring (bicyclic) bond motifs is 3. The summed E-state index contributed by atoms with van der Waals surface area (Å²) in [6, 6.07) is 7.64. The Hall–Kier alpha value is -1.64. The van der Waals surface area contributed by atoms with Crippen LogP contribution in [-0.4, -0.2) is 17.2 Å². The van der Waals surface area contributed by atoms with Gasteiger partial charge < -0.3 is 5.32 Å². The predicted molar refractivity (Wildman–Crippen MR) is 59.3 cm³/mol. The maximum absolute atomic E-state index is 12.0. The average Bonchev–Trinajstić information content (AvgIpc) is 2.53. The van der Waals surface area contributed by atoms with E-state index in [1.165, 1.54) is 0 Å². The standard InChI is InChI=1S/C13H13NO2/c1-13-7-11(15)9-5-3-2-4-8(9)10(13)6-12(16)14-13/h2-5,10H,6-7H2,1H3,(H,14,16). The maximum atomic E-state index is 12.0. The average molecular weight is 215 g/mol. The molecule has 0 radical (unpaired) electrons. The monoisotopic (exact) mass is 215 g/mol. The third-order valence-corrected chi connectivity index (χ3v) is 3.75. The fourth-order valence-corrected chi connectivity index (χ4v) is 2.97. The van der Waals surface area contributed by atoms with Gasteiger partial charge in [-0.3, -0.25) is 9.59 Å². The number of amides is 1. The summed E-state index contributed by atoms with van der Waals surface area (Å²) in [5.41, 5.74) is 1.45. The molecule has 0 bridgehead atoms. The van der Waals surface area contributed by atoms with Gasteiger partial charge in [0.05, 0.1) is 5.54 Å². The molecule has 16 heavy (non-hydrogen) atoms. The molecule has 1 aliphatic heterocycles. The van der Waals surface area contributed by atoms with E-state index in [0.717, 1.165) is 11.1 Å². The molecule has 2 atom stereocenters. The van der Waals surface area contributed by atoms with E-state index in [1.54, 1.807) is 0 Å². The van der Waals surface area contributed by atoms with Crippen LogP contribution in [0.1, 0.15) is 41.6 Å². The lowest BCUT2D eigenvalue weighted by atomic mass is 9.71. The van der Waals surface area contributed by atoms with E-state index in [9.17, 15) is 9.59 Å². The van der Waals surface area contributed by atoms with Crippen molar-refractivity contribution in [2.75, 3.05) is 0 Å². The molecule has 1 amide bonds. The smallest absolute Gasteiger partial charge is 0.221 e. The van der Waals surface area contributed by atoms with Crippen molar-refractivity contribution in [3.63, 3.8) is 0 Å². The van der Waals surface area contributed by atoms with E-state index in [2.05, 4.69) is 5.32 Å². The molecular weight excluding hydrogens is 202 g/mol. The van der Waals surface area contributed by atoms with Crippen molar-refractivity contribution in [2.24, 2.45) is 0 Å². The molecule has 82 valence electrons. The Bertz CT molecular complexity index is 494. The summed E-state index contributed by atoms with van der Waals surface area (Å²) >= 11 is 0. The van der Waals surface area contributed by atoms with Crippen LogP contribution in [0.4, 0.5) is 0 Å². The predicted octanol–water partition coefficient (Wildman–Crippen LogP) is 1.64. The zero-order valence-electron chi connectivity index (χ0n) is 9.12. The van der Waals surface area contributed by atoms with Crippen LogP contribution < -0.4 is 5.32 Å². The molecule has 1 aromatic rings. The number of benzene rings is 1. The van der Waals surface area contributed by atoms with Crippen molar-refractivity contribution in [3.8, 4) is 0 Å². The maximum Gasteiger partial charge on any atom is 0.221 e. The number of nitrogens with one attached hydrogen (secondary N) is 1. The Labute approximate surface area is 93.8 Å². The molecule has 0 saturated carbocycles. The lowest BCUT2D eigenvalue weighted by Gasteiger charge is -2.35. The number of ketones is 1. The number of hydrogen-bond acceptors (Lipinski definition) is 2. The van der Waals surface area contributed by atoms with E-state index in [4.69, 9.17) is 0 Å². The van der Waals surface area contributed by atoms with E-state index >= 15 is 0 Å². The van der Waals surface area contributed by atoms with Gasteiger partial charge in [0.25, 0.3) is 0 Å². The van der Waals surface area contributed by atoms with Gasteiger partial charge in [0, 0.05) is 24.3 Å². The fourth-order valence-electron chi connectivity index (χ4n) is 2.97. The molecular formula is C13H13NO2. The van der Waals surface area contributed by atoms with E-state index in [-0.39, 0.29) is 23.1 Å². The van der Waals surface area contributed by atoms with Crippen molar-refractivity contribution >= 4 is 11.7 Å². The molecule has 2 aliphatic rings. The third kappa shape index (κ3) is 1.14. The highest BCUT2D eigenvalue weighted by Crippen LogP contribution is 2.44. The Morgan fingerprint density at radius 2 is 2.06 bits per heavy atom. The largest absolute Gasteiger partial charge is 0.350 e. The number of rotatable bonds is 0. The minimum Gasteiger partial charge on any atom is -0.350 e. The van der Waals surface area contributed by atoms with Crippen molar-refractivity contribution in [2.45, 2.75) is 31.2 Å². The summed E-state index contributed by atoms with van der Waals surface area (Å²) in [5.74, 6) is 0.336. The van der Waals surface area contributed by atoms with Gasteiger partial charge in [-0.2, -0.15) is 0 Å². The van der Waals surface area contributed by atoms with Crippen LogP contribution >= 0.6 is 0 Å². The van der Waals surface area contributed by atoms with Gasteiger partial charge in [0.15, 0.2) is 5.78 Å². The lowest BCUT2D eigenvalue weighted by molar-refractivity contribution is -0.119. The summed E-state index contributed by atoms with van der Waals surface area (Å²) in [6.45, 7) is 1.97. The van der Waals surface area contributed by atoms with Crippen molar-refractivity contribution < 1.29 is 9.59 Å². The highest BCUT2D eigenvalue weighted by Gasteiger charge is 2.48. The molecule has 3 heteroatoms. The Morgan fingerprint density at radius 1 is 1.31 bits per heavy atom. The van der Waals surface area contributed by atoms with Gasteiger partial charge >= 0.3 is 0 Å². The first-order valence-corrected chi connectivity index (χ1v) is 5.53. The second-order valence-electron chi connectivity index (χ2n) is 4.91. The first kappa shape index (κ1) is 9.58. The van der Waals surface area contributed by atoms with Crippen LogP contribution in [0.2, 0.25) is 0 Å². The zero-order chi connectivity index (χ0) is 11.3. The molecule has 1 heterocycles. The zero-order valence-corrected chi connectivity index (χ0v) is 9.12. The quantitative estimate of drug-likeness (QED) is 0.715. The molecule has 1 saturated heterocycles. The molecule has 0 spiro atoms. The van der Waals surface area contributed by atoms with Crippen molar-refractivity contribution in [3.05, 3.63) is 35.4 Å². The minimum absolute atomic E-state index is 0.0528. The van der Waals surface area contributed by atoms with Crippen LogP contribution in [0.25, 0.3) is 0 Å². The first-order chi connectivity index (χ1) is 7.60. The van der Waals surface area contributed by atoms with Gasteiger partial charge in [-0.1, -0.05) is 24.3 Å². The highest BCUT2D eigenvalue weighted by atomic mass is 16.2. The topological polar surface area (TPSA) is 46.2 Å². The number of hydrogen-bond donors (Lipinski definition) is 1. The number of carbonyl (C=O) groups is 2. The SMILES string of the molecule is CC12CC(=O)c3ccccc3C1CC(=O)N2. The van der Waals surface area contributed by atoms with Crippen LogP contribution in [-0.2, 0) is 4.79 Å². The van der Waals surface area contributed by atoms with Gasteiger partial charge in [-0.15, -0.1) is 0 Å². The van der Waals surface area contributed by atoms with Crippen molar-refractivity contribution in [1.29, 1.82) is 0 Å². The molecule has 1 aromatic carbocycles. The Balaban J connectivity index is 2.18. The first-order valence-electron chi connectivity index (χ1n) is 5.53. The van der Waals surface area contributed by atoms with Crippen LogP contribution in [0.3, 0.4) is 0 Å². The second kappa shape index (κ2) is 2.94. The van der Waals surface area contributed by atoms with Crippen LogP contribution in [0, 0.1) is 0 Å². The van der Waals surface area contributed by atoms with E-state index in [1.807, 2.05) is 31.2 Å². The summed E-state index contributed by atoms with van der Waals surface area (Å²) in [4.78, 5) is 23.5. The summed E-state index contributed by atoms with van der Waals surface area (Å²) in [6.07, 6.45) is 0.918. The molecule has 1 fully saturated rings. The van der Waals surface area contributed by atoms with Crippen molar-refractivity contribution in [1.82, 2.24) is 5.32 Å². The molecule has 3 rings (SSSR count). The van der Waals surface area contributed by atoms with E-state index < -0.39 is 0 Å². The molecule has 2 unspecified atom stereocenters. The van der Waals surface area contributed by atoms with Gasteiger partial charge in [0.2, 0.25) is 5.91 Å². The summed E-state index contributed by atoms with van der Waals surface area (Å²) < 4.78 is 0. The number of Topliss-reactive ketones (excluding diaryl/α,β-unsaturated/α-hetero) is 1. The normalized spacial score (nSPS) is 31.9. The third-order valence-electron chi connectivity index (χ3n) is 3.75. The Kier molecular flexibility index (Phi) is 1.76. The fraction of sp³-hybridized carbons (Fsp3) is 0.385. The van der Waals surface area contributed by atoms with Crippen LogP contribution in [0.5, 0.6) is 0 Å². The molecule has 3 nitrogen and oxygen atoms in total. The summed E-state index contributed by atoms with van der Waals surface area (Å²) in [5, 5.41) is 2.94. The summed E-state index contributed by atoms with van der Waals surface area (Å²) in [7, 11) is 0. The molecule has 1 N–H and O–H groups in total. The lowest BCUT2D eigenvalue weighted by Crippen LogP contribution is -2.46. The molecule has 1 aliphatic carbocycles. The van der Waals surface area contributed by atoms with Gasteiger partial charge in [-0.05, 0) is 12.5 Å². The molecule has 0 aromatic heterocycles. The Morgan fingerprint density at radius 3 is 2.88 bits per heavy atom. The second-order valence-corrected chi connectivity index (χ2v) is 4.91. The minimum atomic E-state index is -0.373.